The fraction of sp³-hybridized carbons (Fsp3) is 0.731. The minimum absolute atomic E-state index is 0.563. The van der Waals surface area contributed by atoms with Crippen molar-refractivity contribution in [2.24, 2.45) is 4.99 Å². The summed E-state index contributed by atoms with van der Waals surface area (Å²) in [6, 6.07) is 11.4. The van der Waals surface area contributed by atoms with Gasteiger partial charge in [-0.3, -0.25) is 9.89 Å². The Kier molecular flexibility index (Phi) is 11.3. The van der Waals surface area contributed by atoms with Gasteiger partial charge in [0.05, 0.1) is 0 Å². The number of hydrogen-bond donors (Lipinski definition) is 2. The second-order valence-corrected chi connectivity index (χ2v) is 9.33. The standard InChI is InChI=1S/C26H46N6/c1-3-15-30-17-12-25(13-18-30)29-26(27-4-2)28-14-8-9-16-31-19-21-32(22-20-31)23-24-10-6-5-7-11-24/h5-7,10-11,25H,3-4,8-9,12-23H2,1-2H3,(H2,27,28,29). The number of likely N-dealkylation sites (tertiary alicyclic amines) is 1. The van der Waals surface area contributed by atoms with Crippen LogP contribution in [0, 0.1) is 0 Å². The number of guanidine groups is 1. The average molecular weight is 443 g/mol. The lowest BCUT2D eigenvalue weighted by Gasteiger charge is -2.34. The van der Waals surface area contributed by atoms with Gasteiger partial charge in [0.2, 0.25) is 0 Å². The van der Waals surface area contributed by atoms with E-state index in [9.17, 15) is 0 Å². The summed E-state index contributed by atoms with van der Waals surface area (Å²) in [6.45, 7) is 17.0. The van der Waals surface area contributed by atoms with Crippen LogP contribution in [0.1, 0.15) is 51.5 Å². The molecule has 2 N–H and O–H groups in total. The Morgan fingerprint density at radius 1 is 0.875 bits per heavy atom. The van der Waals surface area contributed by atoms with Gasteiger partial charge < -0.3 is 20.4 Å². The molecule has 2 aliphatic heterocycles. The molecule has 2 saturated heterocycles. The Morgan fingerprint density at radius 2 is 1.56 bits per heavy atom. The third-order valence-electron chi connectivity index (χ3n) is 6.68. The van der Waals surface area contributed by atoms with E-state index in [2.05, 4.69) is 69.5 Å². The first kappa shape index (κ1) is 25.0. The number of benzene rings is 1. The summed E-state index contributed by atoms with van der Waals surface area (Å²) in [5.41, 5.74) is 1.43. The van der Waals surface area contributed by atoms with Crippen LogP contribution in [-0.2, 0) is 6.54 Å². The van der Waals surface area contributed by atoms with Crippen molar-refractivity contribution >= 4 is 5.96 Å². The number of piperazine rings is 1. The van der Waals surface area contributed by atoms with Crippen molar-refractivity contribution in [2.45, 2.75) is 58.5 Å². The predicted molar refractivity (Wildman–Crippen MR) is 136 cm³/mol. The highest BCUT2D eigenvalue weighted by molar-refractivity contribution is 5.80. The molecule has 32 heavy (non-hydrogen) atoms. The molecule has 0 spiro atoms. The van der Waals surface area contributed by atoms with Crippen LogP contribution in [0.3, 0.4) is 0 Å². The van der Waals surface area contributed by atoms with Gasteiger partial charge in [-0.15, -0.1) is 0 Å². The Morgan fingerprint density at radius 3 is 2.25 bits per heavy atom. The zero-order valence-electron chi connectivity index (χ0n) is 20.6. The van der Waals surface area contributed by atoms with Crippen LogP contribution >= 0.6 is 0 Å². The predicted octanol–water partition coefficient (Wildman–Crippen LogP) is 3.01. The zero-order valence-corrected chi connectivity index (χ0v) is 20.6. The molecule has 0 unspecified atom stereocenters. The molecule has 1 aromatic rings. The van der Waals surface area contributed by atoms with Crippen LogP contribution < -0.4 is 10.6 Å². The molecule has 6 nitrogen and oxygen atoms in total. The molecule has 2 aliphatic rings. The Balaban J connectivity index is 1.28. The van der Waals surface area contributed by atoms with E-state index < -0.39 is 0 Å². The normalized spacial score (nSPS) is 19.9. The molecule has 0 bridgehead atoms. The van der Waals surface area contributed by atoms with Gasteiger partial charge in [0.15, 0.2) is 5.96 Å². The van der Waals surface area contributed by atoms with Gasteiger partial charge in [-0.05, 0) is 57.7 Å². The molecular formula is C26H46N6. The lowest BCUT2D eigenvalue weighted by Crippen LogP contribution is -2.48. The summed E-state index contributed by atoms with van der Waals surface area (Å²) < 4.78 is 0. The maximum absolute atomic E-state index is 4.86. The van der Waals surface area contributed by atoms with Crippen molar-refractivity contribution < 1.29 is 0 Å². The van der Waals surface area contributed by atoms with Gasteiger partial charge in [-0.1, -0.05) is 37.3 Å². The Labute approximate surface area is 196 Å². The number of piperidine rings is 1. The van der Waals surface area contributed by atoms with Gasteiger partial charge in [0.1, 0.15) is 0 Å². The largest absolute Gasteiger partial charge is 0.357 e. The molecule has 2 heterocycles. The highest BCUT2D eigenvalue weighted by Gasteiger charge is 2.19. The second-order valence-electron chi connectivity index (χ2n) is 9.33. The van der Waals surface area contributed by atoms with Crippen molar-refractivity contribution in [1.29, 1.82) is 0 Å². The van der Waals surface area contributed by atoms with E-state index in [1.807, 2.05) is 0 Å². The first-order chi connectivity index (χ1) is 15.8. The van der Waals surface area contributed by atoms with E-state index in [1.54, 1.807) is 0 Å². The summed E-state index contributed by atoms with van der Waals surface area (Å²) in [5, 5.41) is 7.12. The molecule has 180 valence electrons. The summed E-state index contributed by atoms with van der Waals surface area (Å²) in [5.74, 6) is 1.01. The number of aliphatic imine (C=N–C) groups is 1. The molecule has 6 heteroatoms. The van der Waals surface area contributed by atoms with Crippen LogP contribution in [0.4, 0.5) is 0 Å². The smallest absolute Gasteiger partial charge is 0.191 e. The van der Waals surface area contributed by atoms with Gasteiger partial charge in [0, 0.05) is 64.9 Å². The molecule has 0 aliphatic carbocycles. The van der Waals surface area contributed by atoms with Crippen LogP contribution in [0.15, 0.2) is 35.3 Å². The summed E-state index contributed by atoms with van der Waals surface area (Å²) >= 11 is 0. The van der Waals surface area contributed by atoms with Gasteiger partial charge in [-0.2, -0.15) is 0 Å². The quantitative estimate of drug-likeness (QED) is 0.313. The number of nitrogens with zero attached hydrogens (tertiary/aromatic N) is 4. The first-order valence-corrected chi connectivity index (χ1v) is 13.0. The Hall–Kier alpha value is -1.63. The highest BCUT2D eigenvalue weighted by Crippen LogP contribution is 2.11. The van der Waals surface area contributed by atoms with Crippen LogP contribution in [0.25, 0.3) is 0 Å². The number of nitrogens with one attached hydrogen (secondary N) is 2. The topological polar surface area (TPSA) is 46.1 Å². The lowest BCUT2D eigenvalue weighted by atomic mass is 10.1. The zero-order chi connectivity index (χ0) is 22.4. The number of hydrogen-bond acceptors (Lipinski definition) is 4. The Bertz CT molecular complexity index is 633. The van der Waals surface area contributed by atoms with Crippen molar-refractivity contribution in [3.8, 4) is 0 Å². The van der Waals surface area contributed by atoms with Crippen LogP contribution in [-0.4, -0.2) is 92.1 Å². The molecule has 0 aromatic heterocycles. The summed E-state index contributed by atoms with van der Waals surface area (Å²) in [6.07, 6.45) is 6.10. The third kappa shape index (κ3) is 9.08. The minimum atomic E-state index is 0.563. The number of rotatable bonds is 11. The van der Waals surface area contributed by atoms with Gasteiger partial charge in [-0.25, -0.2) is 0 Å². The van der Waals surface area contributed by atoms with Gasteiger partial charge >= 0.3 is 0 Å². The lowest BCUT2D eigenvalue weighted by molar-refractivity contribution is 0.126. The van der Waals surface area contributed by atoms with Crippen LogP contribution in [0.2, 0.25) is 0 Å². The molecule has 1 aromatic carbocycles. The van der Waals surface area contributed by atoms with Crippen molar-refractivity contribution in [3.63, 3.8) is 0 Å². The molecule has 0 amide bonds. The van der Waals surface area contributed by atoms with E-state index >= 15 is 0 Å². The van der Waals surface area contributed by atoms with E-state index in [4.69, 9.17) is 4.99 Å². The van der Waals surface area contributed by atoms with E-state index in [-0.39, 0.29) is 0 Å². The fourth-order valence-corrected chi connectivity index (χ4v) is 4.78. The summed E-state index contributed by atoms with van der Waals surface area (Å²) in [4.78, 5) is 12.6. The van der Waals surface area contributed by atoms with E-state index in [0.29, 0.717) is 6.04 Å². The van der Waals surface area contributed by atoms with Gasteiger partial charge in [0.25, 0.3) is 0 Å². The van der Waals surface area contributed by atoms with Crippen LogP contribution in [0.5, 0.6) is 0 Å². The molecule has 3 rings (SSSR count). The van der Waals surface area contributed by atoms with Crippen molar-refractivity contribution in [3.05, 3.63) is 35.9 Å². The molecule has 0 saturated carbocycles. The van der Waals surface area contributed by atoms with Crippen molar-refractivity contribution in [2.75, 3.05) is 65.4 Å². The molecule has 0 radical (unpaired) electrons. The fourth-order valence-electron chi connectivity index (χ4n) is 4.78. The first-order valence-electron chi connectivity index (χ1n) is 13.0. The average Bonchev–Trinajstić information content (AvgIpc) is 2.82. The maximum atomic E-state index is 4.86. The second kappa shape index (κ2) is 14.5. The monoisotopic (exact) mass is 442 g/mol. The molecule has 2 fully saturated rings. The third-order valence-corrected chi connectivity index (χ3v) is 6.68. The number of unbranched alkanes of at least 4 members (excludes halogenated alkanes) is 1. The SMILES string of the molecule is CCCN1CCC(NC(=NCCCCN2CCN(Cc3ccccc3)CC2)NCC)CC1. The van der Waals surface area contributed by atoms with E-state index in [0.717, 1.165) is 32.0 Å². The maximum Gasteiger partial charge on any atom is 0.191 e. The highest BCUT2D eigenvalue weighted by atomic mass is 15.3. The molecule has 0 atom stereocenters. The van der Waals surface area contributed by atoms with E-state index in [1.165, 1.54) is 83.6 Å². The summed E-state index contributed by atoms with van der Waals surface area (Å²) in [7, 11) is 0. The van der Waals surface area contributed by atoms with Crippen molar-refractivity contribution in [1.82, 2.24) is 25.3 Å². The molecular weight excluding hydrogens is 396 g/mol. The minimum Gasteiger partial charge on any atom is -0.357 e.